The molecule has 0 aromatic carbocycles. The van der Waals surface area contributed by atoms with Gasteiger partial charge in [0.25, 0.3) is 0 Å². The molecule has 0 spiro atoms. The molecule has 0 saturated heterocycles. The van der Waals surface area contributed by atoms with E-state index < -0.39 is 5.41 Å². The number of hydrogen-bond acceptors (Lipinski definition) is 4. The van der Waals surface area contributed by atoms with Crippen LogP contribution >= 0.6 is 0 Å². The highest BCUT2D eigenvalue weighted by atomic mass is 16.5. The van der Waals surface area contributed by atoms with Crippen LogP contribution in [0.1, 0.15) is 27.2 Å². The Hall–Kier alpha value is -1.03. The molecule has 0 fully saturated rings. The van der Waals surface area contributed by atoms with E-state index in [2.05, 4.69) is 0 Å². The van der Waals surface area contributed by atoms with E-state index >= 15 is 0 Å². The molecule has 0 aromatic heterocycles. The summed E-state index contributed by atoms with van der Waals surface area (Å²) in [6.45, 7) is 5.48. The predicted molar refractivity (Wildman–Crippen MR) is 51.8 cm³/mol. The van der Waals surface area contributed by atoms with Crippen LogP contribution < -0.4 is 0 Å². The molecule has 0 heterocycles. The molecule has 1 unspecified atom stereocenters. The number of nitrogens with zero attached hydrogens (tertiary/aromatic N) is 1. The topological polar surface area (TPSA) is 60.8 Å². The highest BCUT2D eigenvalue weighted by Gasteiger charge is 2.41. The van der Waals surface area contributed by atoms with Crippen LogP contribution in [0.15, 0.2) is 11.5 Å². The minimum Gasteiger partial charge on any atom is -0.510 e. The van der Waals surface area contributed by atoms with Crippen molar-refractivity contribution in [3.05, 3.63) is 11.5 Å². The maximum Gasteiger partial charge on any atom is 0.190 e. The zero-order chi connectivity index (χ0) is 11.1. The fourth-order valence-electron chi connectivity index (χ4n) is 1.94. The van der Waals surface area contributed by atoms with Gasteiger partial charge in [-0.2, -0.15) is 0 Å². The number of aliphatic hydroxyl groups excluding tert-OH is 1. The molecule has 0 saturated carbocycles. The molecular formula is C10H17NO3. The summed E-state index contributed by atoms with van der Waals surface area (Å²) in [6.07, 6.45) is 0.606. The first-order valence-electron chi connectivity index (χ1n) is 4.68. The quantitative estimate of drug-likeness (QED) is 0.631. The molecule has 0 amide bonds. The van der Waals surface area contributed by atoms with Gasteiger partial charge in [0.15, 0.2) is 5.78 Å². The smallest absolute Gasteiger partial charge is 0.190 e. The standard InChI is InChI=1S/C10H17NO3/c1-6-5-10(2,3)9(13)7(8(6)12)11(4)14/h6,12,14H,5H2,1-4H3. The number of hydrogen-bond donors (Lipinski definition) is 2. The lowest BCUT2D eigenvalue weighted by Gasteiger charge is -2.34. The molecule has 1 aliphatic rings. The Morgan fingerprint density at radius 1 is 1.50 bits per heavy atom. The summed E-state index contributed by atoms with van der Waals surface area (Å²) < 4.78 is 0. The van der Waals surface area contributed by atoms with Gasteiger partial charge < -0.3 is 5.11 Å². The third-order valence-corrected chi connectivity index (χ3v) is 2.68. The minimum atomic E-state index is -0.516. The van der Waals surface area contributed by atoms with Crippen LogP contribution in [0.4, 0.5) is 0 Å². The Bertz CT molecular complexity index is 292. The second-order valence-corrected chi connectivity index (χ2v) is 4.58. The number of carbonyl (C=O) groups is 1. The van der Waals surface area contributed by atoms with Crippen molar-refractivity contribution in [2.75, 3.05) is 7.05 Å². The molecule has 0 aliphatic heterocycles. The molecular weight excluding hydrogens is 182 g/mol. The van der Waals surface area contributed by atoms with Crippen molar-refractivity contribution in [2.24, 2.45) is 11.3 Å². The fourth-order valence-corrected chi connectivity index (χ4v) is 1.94. The third kappa shape index (κ3) is 1.62. The van der Waals surface area contributed by atoms with Gasteiger partial charge in [0.1, 0.15) is 11.5 Å². The number of allylic oxidation sites excluding steroid dienone is 2. The first-order chi connectivity index (χ1) is 6.27. The van der Waals surface area contributed by atoms with E-state index in [9.17, 15) is 15.1 Å². The van der Waals surface area contributed by atoms with E-state index in [-0.39, 0.29) is 23.2 Å². The molecule has 14 heavy (non-hydrogen) atoms. The van der Waals surface area contributed by atoms with Crippen molar-refractivity contribution in [2.45, 2.75) is 27.2 Å². The second kappa shape index (κ2) is 3.28. The number of likely N-dealkylation sites (N-methyl/N-ethyl adjacent to an activating group) is 1. The summed E-state index contributed by atoms with van der Waals surface area (Å²) in [6, 6.07) is 0. The number of hydroxylamine groups is 2. The maximum absolute atomic E-state index is 11.8. The van der Waals surface area contributed by atoms with Crippen molar-refractivity contribution in [3.8, 4) is 0 Å². The zero-order valence-corrected chi connectivity index (χ0v) is 9.03. The third-order valence-electron chi connectivity index (χ3n) is 2.68. The first kappa shape index (κ1) is 11.0. The van der Waals surface area contributed by atoms with Crippen molar-refractivity contribution in [1.29, 1.82) is 0 Å². The Labute approximate surface area is 83.8 Å². The lowest BCUT2D eigenvalue weighted by Crippen LogP contribution is -2.39. The molecule has 80 valence electrons. The van der Waals surface area contributed by atoms with Gasteiger partial charge in [-0.05, 0) is 6.42 Å². The van der Waals surface area contributed by atoms with Crippen molar-refractivity contribution >= 4 is 5.78 Å². The van der Waals surface area contributed by atoms with E-state index in [1.54, 1.807) is 0 Å². The minimum absolute atomic E-state index is 0.0145. The van der Waals surface area contributed by atoms with Crippen LogP contribution in [0.5, 0.6) is 0 Å². The monoisotopic (exact) mass is 199 g/mol. The average molecular weight is 199 g/mol. The van der Waals surface area contributed by atoms with Crippen molar-refractivity contribution < 1.29 is 15.1 Å². The largest absolute Gasteiger partial charge is 0.510 e. The van der Waals surface area contributed by atoms with Gasteiger partial charge in [-0.15, -0.1) is 0 Å². The van der Waals surface area contributed by atoms with Crippen LogP contribution in [-0.2, 0) is 4.79 Å². The summed E-state index contributed by atoms with van der Waals surface area (Å²) in [5.41, 5.74) is -0.494. The molecule has 1 aliphatic carbocycles. The zero-order valence-electron chi connectivity index (χ0n) is 9.03. The number of carbonyl (C=O) groups excluding carboxylic acids is 1. The van der Waals surface area contributed by atoms with Crippen LogP contribution in [0.25, 0.3) is 0 Å². The van der Waals surface area contributed by atoms with Gasteiger partial charge in [0.05, 0.1) is 0 Å². The number of Topliss-reactive ketones (excluding diaryl/α,β-unsaturated/α-hetero) is 1. The number of rotatable bonds is 1. The summed E-state index contributed by atoms with van der Waals surface area (Å²) in [5, 5.41) is 19.6. The van der Waals surface area contributed by atoms with Crippen molar-refractivity contribution in [1.82, 2.24) is 5.06 Å². The molecule has 4 heteroatoms. The Morgan fingerprint density at radius 2 is 2.00 bits per heavy atom. The van der Waals surface area contributed by atoms with E-state index in [1.807, 2.05) is 20.8 Å². The van der Waals surface area contributed by atoms with Crippen LogP contribution in [0.2, 0.25) is 0 Å². The molecule has 0 aromatic rings. The molecule has 2 N–H and O–H groups in total. The average Bonchev–Trinajstić information content (AvgIpc) is 2.00. The summed E-state index contributed by atoms with van der Waals surface area (Å²) in [7, 11) is 1.34. The molecule has 1 atom stereocenters. The Morgan fingerprint density at radius 3 is 2.43 bits per heavy atom. The van der Waals surface area contributed by atoms with Crippen molar-refractivity contribution in [3.63, 3.8) is 0 Å². The van der Waals surface area contributed by atoms with Gasteiger partial charge in [-0.25, -0.2) is 0 Å². The van der Waals surface area contributed by atoms with Crippen LogP contribution in [0.3, 0.4) is 0 Å². The molecule has 0 radical (unpaired) electrons. The lowest BCUT2D eigenvalue weighted by molar-refractivity contribution is -0.134. The van der Waals surface area contributed by atoms with Gasteiger partial charge in [-0.1, -0.05) is 20.8 Å². The molecule has 4 nitrogen and oxygen atoms in total. The maximum atomic E-state index is 11.8. The number of ketones is 1. The lowest BCUT2D eigenvalue weighted by atomic mass is 9.73. The number of aliphatic hydroxyl groups is 1. The van der Waals surface area contributed by atoms with Gasteiger partial charge >= 0.3 is 0 Å². The van der Waals surface area contributed by atoms with E-state index in [1.165, 1.54) is 7.05 Å². The second-order valence-electron chi connectivity index (χ2n) is 4.58. The molecule has 1 rings (SSSR count). The highest BCUT2D eigenvalue weighted by Crippen LogP contribution is 2.38. The highest BCUT2D eigenvalue weighted by molar-refractivity contribution is 6.00. The van der Waals surface area contributed by atoms with Crippen LogP contribution in [0, 0.1) is 11.3 Å². The SMILES string of the molecule is CC1CC(C)(C)C(=O)C(N(C)O)=C1O. The predicted octanol–water partition coefficient (Wildman–Crippen LogP) is 1.71. The first-order valence-corrected chi connectivity index (χ1v) is 4.68. The van der Waals surface area contributed by atoms with E-state index in [0.29, 0.717) is 11.5 Å². The normalized spacial score (nSPS) is 26.6. The van der Waals surface area contributed by atoms with E-state index in [4.69, 9.17) is 0 Å². The Kier molecular flexibility index (Phi) is 2.58. The Balaban J connectivity index is 3.20. The van der Waals surface area contributed by atoms with Crippen LogP contribution in [-0.4, -0.2) is 28.2 Å². The molecule has 0 bridgehead atoms. The summed E-state index contributed by atoms with van der Waals surface area (Å²) in [5.74, 6) is -0.315. The summed E-state index contributed by atoms with van der Waals surface area (Å²) in [4.78, 5) is 11.8. The summed E-state index contributed by atoms with van der Waals surface area (Å²) >= 11 is 0. The van der Waals surface area contributed by atoms with Gasteiger partial charge in [0, 0.05) is 18.4 Å². The van der Waals surface area contributed by atoms with Gasteiger partial charge in [-0.3, -0.25) is 15.1 Å². The van der Waals surface area contributed by atoms with Gasteiger partial charge in [0.2, 0.25) is 0 Å². The van der Waals surface area contributed by atoms with E-state index in [0.717, 1.165) is 0 Å². The fraction of sp³-hybridized carbons (Fsp3) is 0.700.